The number of sulfone groups is 1. The van der Waals surface area contributed by atoms with E-state index in [-0.39, 0.29) is 11.3 Å². The minimum Gasteiger partial charge on any atom is -0.369 e. The second kappa shape index (κ2) is 6.80. The summed E-state index contributed by atoms with van der Waals surface area (Å²) in [6.45, 7) is 1.93. The number of para-hydroxylation sites is 1. The number of nitrogens with two attached hydrogens (primary N) is 1. The lowest BCUT2D eigenvalue weighted by molar-refractivity contribution is -0.117. The van der Waals surface area contributed by atoms with Gasteiger partial charge in [-0.25, -0.2) is 8.42 Å². The summed E-state index contributed by atoms with van der Waals surface area (Å²) in [6.07, 6.45) is 3.19. The molecule has 0 atom stereocenters. The van der Waals surface area contributed by atoms with Crippen LogP contribution in [0.4, 0.5) is 0 Å². The molecule has 3 rings (SSSR count). The first kappa shape index (κ1) is 17.9. The van der Waals surface area contributed by atoms with E-state index in [9.17, 15) is 13.2 Å². The first-order valence-corrected chi connectivity index (χ1v) is 10.0. The van der Waals surface area contributed by atoms with Crippen LogP contribution >= 0.6 is 0 Å². The van der Waals surface area contributed by atoms with Crippen LogP contribution < -0.4 is 5.73 Å². The SMILES string of the molecule is Cc1c(CC(N)=O)c(-c2cccc(S(C)(=O)=O)c2)cn1-c1ccccc1. The summed E-state index contributed by atoms with van der Waals surface area (Å²) in [5.74, 6) is -0.431. The summed E-state index contributed by atoms with van der Waals surface area (Å²) in [4.78, 5) is 11.8. The van der Waals surface area contributed by atoms with Crippen LogP contribution in [-0.2, 0) is 21.1 Å². The van der Waals surface area contributed by atoms with Gasteiger partial charge in [-0.2, -0.15) is 0 Å². The van der Waals surface area contributed by atoms with E-state index in [1.807, 2.05) is 54.1 Å². The Morgan fingerprint density at radius 2 is 1.77 bits per heavy atom. The second-order valence-electron chi connectivity index (χ2n) is 6.26. The van der Waals surface area contributed by atoms with Crippen molar-refractivity contribution in [3.8, 4) is 16.8 Å². The number of benzene rings is 2. The second-order valence-corrected chi connectivity index (χ2v) is 8.27. The molecule has 0 fully saturated rings. The molecule has 3 aromatic rings. The predicted molar refractivity (Wildman–Crippen MR) is 102 cm³/mol. The molecule has 2 N–H and O–H groups in total. The number of nitrogens with zero attached hydrogens (tertiary/aromatic N) is 1. The Morgan fingerprint density at radius 1 is 1.08 bits per heavy atom. The fourth-order valence-electron chi connectivity index (χ4n) is 3.04. The highest BCUT2D eigenvalue weighted by atomic mass is 32.2. The van der Waals surface area contributed by atoms with E-state index in [0.717, 1.165) is 28.1 Å². The Morgan fingerprint density at radius 3 is 2.38 bits per heavy atom. The van der Waals surface area contributed by atoms with Gasteiger partial charge in [-0.15, -0.1) is 0 Å². The molecule has 1 aromatic heterocycles. The lowest BCUT2D eigenvalue weighted by atomic mass is 10.0. The number of amides is 1. The molecule has 134 valence electrons. The van der Waals surface area contributed by atoms with Crippen LogP contribution in [0.1, 0.15) is 11.3 Å². The van der Waals surface area contributed by atoms with E-state index in [1.54, 1.807) is 18.2 Å². The zero-order chi connectivity index (χ0) is 18.9. The number of aromatic nitrogens is 1. The van der Waals surface area contributed by atoms with E-state index in [2.05, 4.69) is 0 Å². The van der Waals surface area contributed by atoms with Crippen molar-refractivity contribution in [1.29, 1.82) is 0 Å². The maximum Gasteiger partial charge on any atom is 0.221 e. The molecule has 0 spiro atoms. The summed E-state index contributed by atoms with van der Waals surface area (Å²) < 4.78 is 25.8. The first-order valence-electron chi connectivity index (χ1n) is 8.12. The van der Waals surface area contributed by atoms with Gasteiger partial charge < -0.3 is 10.3 Å². The number of hydrogen-bond acceptors (Lipinski definition) is 3. The molecule has 0 bridgehead atoms. The van der Waals surface area contributed by atoms with Crippen LogP contribution in [0.2, 0.25) is 0 Å². The van der Waals surface area contributed by atoms with Crippen LogP contribution in [0, 0.1) is 6.92 Å². The van der Waals surface area contributed by atoms with E-state index in [4.69, 9.17) is 5.73 Å². The standard InChI is InChI=1S/C20H20N2O3S/c1-14-18(12-20(21)23)19(13-22(14)16-8-4-3-5-9-16)15-7-6-10-17(11-15)26(2,24)25/h3-11,13H,12H2,1-2H3,(H2,21,23). The number of carbonyl (C=O) groups is 1. The molecule has 0 aliphatic heterocycles. The normalized spacial score (nSPS) is 11.5. The molecule has 5 nitrogen and oxygen atoms in total. The van der Waals surface area contributed by atoms with Gasteiger partial charge in [0.2, 0.25) is 5.91 Å². The summed E-state index contributed by atoms with van der Waals surface area (Å²) in [5.41, 5.74) is 9.64. The van der Waals surface area contributed by atoms with Gasteiger partial charge in [0.25, 0.3) is 0 Å². The monoisotopic (exact) mass is 368 g/mol. The molecule has 0 aliphatic rings. The van der Waals surface area contributed by atoms with Crippen LogP contribution in [-0.4, -0.2) is 25.1 Å². The van der Waals surface area contributed by atoms with E-state index in [0.29, 0.717) is 0 Å². The summed E-state index contributed by atoms with van der Waals surface area (Å²) >= 11 is 0. The maximum absolute atomic E-state index is 11.9. The van der Waals surface area contributed by atoms with Crippen LogP contribution in [0.5, 0.6) is 0 Å². The zero-order valence-electron chi connectivity index (χ0n) is 14.6. The highest BCUT2D eigenvalue weighted by molar-refractivity contribution is 7.90. The quantitative estimate of drug-likeness (QED) is 0.752. The lowest BCUT2D eigenvalue weighted by Crippen LogP contribution is -2.14. The van der Waals surface area contributed by atoms with Crippen molar-refractivity contribution >= 4 is 15.7 Å². The topological polar surface area (TPSA) is 82.2 Å². The van der Waals surface area contributed by atoms with Crippen molar-refractivity contribution in [2.45, 2.75) is 18.2 Å². The Balaban J connectivity index is 2.22. The molecule has 0 aliphatic carbocycles. The minimum atomic E-state index is -3.32. The van der Waals surface area contributed by atoms with Gasteiger partial charge >= 0.3 is 0 Å². The van der Waals surface area contributed by atoms with Crippen molar-refractivity contribution in [3.05, 3.63) is 72.1 Å². The molecule has 0 radical (unpaired) electrons. The molecule has 0 saturated heterocycles. The molecule has 1 amide bonds. The third-order valence-electron chi connectivity index (χ3n) is 4.34. The van der Waals surface area contributed by atoms with Gasteiger partial charge in [0, 0.05) is 29.4 Å². The predicted octanol–water partition coefficient (Wildman–Crippen LogP) is 2.88. The van der Waals surface area contributed by atoms with Crippen LogP contribution in [0.25, 0.3) is 16.8 Å². The average molecular weight is 368 g/mol. The average Bonchev–Trinajstić information content (AvgIpc) is 2.91. The minimum absolute atomic E-state index is 0.0874. The zero-order valence-corrected chi connectivity index (χ0v) is 15.5. The molecule has 0 saturated carbocycles. The fourth-order valence-corrected chi connectivity index (χ4v) is 3.71. The van der Waals surface area contributed by atoms with Gasteiger partial charge in [-0.3, -0.25) is 4.79 Å². The van der Waals surface area contributed by atoms with Gasteiger partial charge in [-0.05, 0) is 42.3 Å². The van der Waals surface area contributed by atoms with Crippen molar-refractivity contribution in [2.75, 3.05) is 6.26 Å². The molecule has 0 unspecified atom stereocenters. The largest absolute Gasteiger partial charge is 0.369 e. The Labute approximate surface area is 153 Å². The first-order chi connectivity index (χ1) is 12.3. The number of primary amides is 1. The Kier molecular flexibility index (Phi) is 4.70. The highest BCUT2D eigenvalue weighted by Crippen LogP contribution is 2.31. The summed E-state index contributed by atoms with van der Waals surface area (Å²) in [7, 11) is -3.32. The lowest BCUT2D eigenvalue weighted by Gasteiger charge is -2.07. The Bertz CT molecular complexity index is 1070. The third kappa shape index (κ3) is 3.55. The van der Waals surface area contributed by atoms with Gasteiger partial charge in [0.05, 0.1) is 11.3 Å². The summed E-state index contributed by atoms with van der Waals surface area (Å²) in [5, 5.41) is 0. The van der Waals surface area contributed by atoms with Crippen molar-refractivity contribution in [2.24, 2.45) is 5.73 Å². The summed E-state index contributed by atoms with van der Waals surface area (Å²) in [6, 6.07) is 16.5. The number of carbonyl (C=O) groups excluding carboxylic acids is 1. The molecule has 6 heteroatoms. The van der Waals surface area contributed by atoms with Gasteiger partial charge in [0.15, 0.2) is 9.84 Å². The van der Waals surface area contributed by atoms with Crippen LogP contribution in [0.15, 0.2) is 65.7 Å². The highest BCUT2D eigenvalue weighted by Gasteiger charge is 2.18. The third-order valence-corrected chi connectivity index (χ3v) is 5.45. The van der Waals surface area contributed by atoms with Gasteiger partial charge in [-0.1, -0.05) is 30.3 Å². The van der Waals surface area contributed by atoms with Crippen molar-refractivity contribution in [3.63, 3.8) is 0 Å². The van der Waals surface area contributed by atoms with Gasteiger partial charge in [0.1, 0.15) is 0 Å². The molecule has 26 heavy (non-hydrogen) atoms. The van der Waals surface area contributed by atoms with Crippen molar-refractivity contribution in [1.82, 2.24) is 4.57 Å². The van der Waals surface area contributed by atoms with E-state index in [1.165, 1.54) is 6.26 Å². The maximum atomic E-state index is 11.9. The number of rotatable bonds is 5. The molecular formula is C20H20N2O3S. The van der Waals surface area contributed by atoms with Crippen molar-refractivity contribution < 1.29 is 13.2 Å². The Hall–Kier alpha value is -2.86. The number of hydrogen-bond donors (Lipinski definition) is 1. The molecular weight excluding hydrogens is 348 g/mol. The van der Waals surface area contributed by atoms with E-state index >= 15 is 0 Å². The fraction of sp³-hybridized carbons (Fsp3) is 0.150. The van der Waals surface area contributed by atoms with Crippen LogP contribution in [0.3, 0.4) is 0 Å². The smallest absolute Gasteiger partial charge is 0.221 e. The molecule has 1 heterocycles. The van der Waals surface area contributed by atoms with E-state index < -0.39 is 15.7 Å². The molecule has 2 aromatic carbocycles.